The van der Waals surface area contributed by atoms with Gasteiger partial charge in [0.1, 0.15) is 41.4 Å². The zero-order valence-corrected chi connectivity index (χ0v) is 58.8. The highest BCUT2D eigenvalue weighted by atomic mass is 16.6. The Kier molecular flexibility index (Phi) is 21.7. The minimum absolute atomic E-state index is 0.0114. The maximum absolute atomic E-state index is 12.5. The van der Waals surface area contributed by atoms with Gasteiger partial charge >= 0.3 is 18.2 Å². The minimum Gasteiger partial charge on any atom is -0.464 e. The van der Waals surface area contributed by atoms with E-state index >= 15 is 0 Å². The zero-order chi connectivity index (χ0) is 69.1. The highest BCUT2D eigenvalue weighted by molar-refractivity contribution is 5.90. The standard InChI is InChI=1S/C13H22N2O2.2C13H20N2O.C13H21NO4.C11H18N2O3.C7H11NO/c1-7(13(2,3)4)12(17)15-9-5-8(9)6-10(15)11(14)16;2*1-8(13(2,3)4)12(16)15-10(7-14)5-9-6-11(9)15;1-5-17-11(15)10-7-8-6-9(8)14(10)12(16)18-13(2,3)4;1-11(2,3)16-10(15)13-7-4-6(7)5-8(13)9(12)14;8-7(9)6-2-4-1-5(4)3-6/h7-10H,5-6H2,1-4H3,(H2,14,16);2*8-11H,5-6H2,1-4H3;8-10H,5-7H2,1-4H3;6-8H,4-5H2,1-3H3,(H2,12,14);4-6H,1-3H2,(H2,8,9)/t7-,8+,9+,10+;2*8-,9-,10+,11+;8-,9-,10-;6-,7-,8-;4-,5+,6?/m11100./s1. The lowest BCUT2D eigenvalue weighted by Crippen LogP contribution is -2.49. The number of carbonyl (C=O) groups is 9. The quantitative estimate of drug-likeness (QED) is 0.151. The fraction of sp³-hybridized carbons (Fsp3) is 0.843. The van der Waals surface area contributed by atoms with Crippen LogP contribution in [-0.4, -0.2) is 156 Å². The average molecular weight is 1290 g/mol. The van der Waals surface area contributed by atoms with Gasteiger partial charge in [0.25, 0.3) is 0 Å². The van der Waals surface area contributed by atoms with Crippen LogP contribution in [-0.2, 0) is 47.8 Å². The summed E-state index contributed by atoms with van der Waals surface area (Å²) in [4.78, 5) is 115. The SMILES string of the molecule is CC(C)(C)OC(=O)N1[C@H](C(N)=O)C[C@@H]2C[C@@H]21.CCOC(=O)[C@@H]1C[C@@H]2C[C@@H]2N1C(=O)OC(C)(C)C.C[C@H](C(=O)N1[C@H](C#N)C[C@@H]2C[C@@H]21)C(C)(C)C.C[C@H](C(=O)N1[C@H](C#N)C[C@@H]2C[C@@H]21)C(C)(C)C.C[C@H](C(=O)N1[C@H](C(N)=O)C[C@@H]2C[C@@H]21)C(C)(C)C.NC(=O)C1C[C@@H]2C[C@@H]2C1. The number of nitrogens with two attached hydrogens (primary N) is 3. The number of rotatable bonds is 8. The van der Waals surface area contributed by atoms with Crippen LogP contribution in [0.15, 0.2) is 0 Å². The van der Waals surface area contributed by atoms with Crippen LogP contribution in [0.3, 0.4) is 0 Å². The van der Waals surface area contributed by atoms with Crippen LogP contribution < -0.4 is 17.2 Å². The van der Waals surface area contributed by atoms with E-state index in [9.17, 15) is 43.2 Å². The van der Waals surface area contributed by atoms with Crippen molar-refractivity contribution in [1.29, 1.82) is 10.5 Å². The molecule has 12 rings (SSSR count). The molecule has 514 valence electrons. The number of piperidine rings is 5. The van der Waals surface area contributed by atoms with Crippen molar-refractivity contribution in [2.45, 2.75) is 287 Å². The number of hydrogen-bond donors (Lipinski definition) is 3. The summed E-state index contributed by atoms with van der Waals surface area (Å²) in [5.41, 5.74) is 14.6. The Bertz CT molecular complexity index is 2810. The zero-order valence-electron chi connectivity index (χ0n) is 58.8. The van der Waals surface area contributed by atoms with Crippen molar-refractivity contribution in [3.05, 3.63) is 0 Å². The molecule has 22 nitrogen and oxygen atoms in total. The number of esters is 1. The summed E-state index contributed by atoms with van der Waals surface area (Å²) in [6, 6.07) is 4.29. The van der Waals surface area contributed by atoms with Gasteiger partial charge in [0.15, 0.2) is 0 Å². The summed E-state index contributed by atoms with van der Waals surface area (Å²) >= 11 is 0. The third-order valence-electron chi connectivity index (χ3n) is 21.7. The largest absolute Gasteiger partial charge is 0.464 e. The molecule has 8 amide bonds. The van der Waals surface area contributed by atoms with Crippen LogP contribution in [0.5, 0.6) is 0 Å². The van der Waals surface area contributed by atoms with Gasteiger partial charge in [-0.1, -0.05) is 83.1 Å². The third-order valence-corrected chi connectivity index (χ3v) is 21.7. The Hall–Kier alpha value is -6.19. The van der Waals surface area contributed by atoms with Crippen molar-refractivity contribution in [3.8, 4) is 12.1 Å². The molecule has 5 heterocycles. The topological polar surface area (TPSA) is 323 Å². The Labute approximate surface area is 547 Å². The van der Waals surface area contributed by atoms with Crippen LogP contribution in [0.4, 0.5) is 9.59 Å². The fourth-order valence-electron chi connectivity index (χ4n) is 14.3. The Morgan fingerprint density at radius 2 is 0.696 bits per heavy atom. The van der Waals surface area contributed by atoms with E-state index in [-0.39, 0.29) is 112 Å². The summed E-state index contributed by atoms with van der Waals surface area (Å²) in [7, 11) is 0. The number of primary amides is 3. The molecule has 92 heavy (non-hydrogen) atoms. The molecule has 6 N–H and O–H groups in total. The molecule has 5 aliphatic heterocycles. The fourth-order valence-corrected chi connectivity index (χ4v) is 14.3. The van der Waals surface area contributed by atoms with Gasteiger partial charge in [-0.15, -0.1) is 0 Å². The third kappa shape index (κ3) is 17.6. The van der Waals surface area contributed by atoms with Crippen molar-refractivity contribution < 1.29 is 57.4 Å². The van der Waals surface area contributed by atoms with Gasteiger partial charge < -0.3 is 46.1 Å². The molecule has 0 radical (unpaired) electrons. The molecule has 1 unspecified atom stereocenters. The smallest absolute Gasteiger partial charge is 0.411 e. The van der Waals surface area contributed by atoms with Crippen LogP contribution in [0.25, 0.3) is 0 Å². The van der Waals surface area contributed by atoms with Gasteiger partial charge in [0.05, 0.1) is 18.7 Å². The van der Waals surface area contributed by atoms with Crippen LogP contribution in [0.1, 0.15) is 215 Å². The highest BCUT2D eigenvalue weighted by Crippen LogP contribution is 2.55. The number of carbonyl (C=O) groups excluding carboxylic acids is 9. The molecular formula is C70H112N10O12. The minimum atomic E-state index is -0.538. The van der Waals surface area contributed by atoms with Gasteiger partial charge in [-0.05, 0) is 190 Å². The molecule has 0 aromatic rings. The summed E-state index contributed by atoms with van der Waals surface area (Å²) in [5.74, 6) is 3.77. The van der Waals surface area contributed by atoms with E-state index in [2.05, 4.69) is 74.5 Å². The number of ether oxygens (including phenoxy) is 3. The molecule has 12 fully saturated rings. The maximum Gasteiger partial charge on any atom is 0.411 e. The van der Waals surface area contributed by atoms with Crippen molar-refractivity contribution in [2.24, 2.45) is 98.5 Å². The Balaban J connectivity index is 0.000000158. The lowest BCUT2D eigenvalue weighted by Gasteiger charge is -2.33. The predicted molar refractivity (Wildman–Crippen MR) is 344 cm³/mol. The first-order chi connectivity index (χ1) is 42.3. The van der Waals surface area contributed by atoms with E-state index < -0.39 is 41.4 Å². The number of nitrogens with zero attached hydrogens (tertiary/aromatic N) is 7. The summed E-state index contributed by atoms with van der Waals surface area (Å²) in [5, 5.41) is 18.1. The van der Waals surface area contributed by atoms with Crippen molar-refractivity contribution in [2.75, 3.05) is 6.61 Å². The average Bonchev–Trinajstić information content (AvgIpc) is 1.63. The van der Waals surface area contributed by atoms with Gasteiger partial charge in [-0.3, -0.25) is 38.6 Å². The normalized spacial score (nSPS) is 34.0. The molecule has 5 saturated heterocycles. The maximum atomic E-state index is 12.5. The second-order valence-corrected chi connectivity index (χ2v) is 34.0. The van der Waals surface area contributed by atoms with E-state index in [1.165, 1.54) is 11.3 Å². The van der Waals surface area contributed by atoms with Crippen molar-refractivity contribution >= 4 is 53.6 Å². The number of hydrogen-bond acceptors (Lipinski definition) is 14. The molecule has 0 aromatic heterocycles. The second-order valence-electron chi connectivity index (χ2n) is 34.0. The summed E-state index contributed by atoms with van der Waals surface area (Å²) in [6.07, 6.45) is 11.9. The molecular weight excluding hydrogens is 1170 g/mol. The van der Waals surface area contributed by atoms with Crippen molar-refractivity contribution in [1.82, 2.24) is 24.5 Å². The molecule has 0 aromatic carbocycles. The first kappa shape index (κ1) is 73.2. The molecule has 7 saturated carbocycles. The van der Waals surface area contributed by atoms with Crippen molar-refractivity contribution in [3.63, 3.8) is 0 Å². The lowest BCUT2D eigenvalue weighted by atomic mass is 9.81. The van der Waals surface area contributed by atoms with E-state index in [0.29, 0.717) is 61.1 Å². The molecule has 0 spiro atoms. The Morgan fingerprint density at radius 1 is 0.402 bits per heavy atom. The van der Waals surface area contributed by atoms with E-state index in [1.807, 2.05) is 72.1 Å². The molecule has 0 bridgehead atoms. The lowest BCUT2D eigenvalue weighted by molar-refractivity contribution is -0.149. The monoisotopic (exact) mass is 1280 g/mol. The molecule has 7 aliphatic carbocycles. The first-order valence-electron chi connectivity index (χ1n) is 34.2. The number of amides is 8. The van der Waals surface area contributed by atoms with Gasteiger partial charge in [-0.2, -0.15) is 10.5 Å². The highest BCUT2D eigenvalue weighted by Gasteiger charge is 2.61. The number of likely N-dealkylation sites (tertiary alicyclic amines) is 5. The van der Waals surface area contributed by atoms with Crippen LogP contribution in [0.2, 0.25) is 0 Å². The second kappa shape index (κ2) is 27.3. The van der Waals surface area contributed by atoms with Crippen LogP contribution >= 0.6 is 0 Å². The van der Waals surface area contributed by atoms with E-state index in [0.717, 1.165) is 76.0 Å². The van der Waals surface area contributed by atoms with Gasteiger partial charge in [0, 0.05) is 53.9 Å². The van der Waals surface area contributed by atoms with Gasteiger partial charge in [-0.25, -0.2) is 14.4 Å². The summed E-state index contributed by atoms with van der Waals surface area (Å²) < 4.78 is 15.7. The van der Waals surface area contributed by atoms with E-state index in [4.69, 9.17) is 41.9 Å². The number of fused-ring (bicyclic) bond motifs is 6. The molecule has 22 heteroatoms. The van der Waals surface area contributed by atoms with E-state index in [1.54, 1.807) is 16.7 Å². The van der Waals surface area contributed by atoms with Crippen LogP contribution in [0, 0.1) is 104 Å². The predicted octanol–water partition coefficient (Wildman–Crippen LogP) is 8.84. The molecule has 21 atom stereocenters. The Morgan fingerprint density at radius 3 is 0.989 bits per heavy atom. The van der Waals surface area contributed by atoms with Gasteiger partial charge in [0.2, 0.25) is 35.4 Å². The first-order valence-corrected chi connectivity index (χ1v) is 34.2. The number of nitriles is 2. The summed E-state index contributed by atoms with van der Waals surface area (Å²) in [6.45, 7) is 37.5. The molecule has 12 aliphatic rings.